The molecule has 0 spiro atoms. The van der Waals surface area contributed by atoms with E-state index in [-0.39, 0.29) is 4.90 Å². The Hall–Kier alpha value is -2.79. The molecule has 3 rings (SSSR count). The van der Waals surface area contributed by atoms with Gasteiger partial charge in [0, 0.05) is 12.1 Å². The molecule has 3 aromatic carbocycles. The normalized spacial score (nSPS) is 11.2. The zero-order valence-electron chi connectivity index (χ0n) is 15.7. The van der Waals surface area contributed by atoms with Gasteiger partial charge in [0.05, 0.1) is 17.7 Å². The van der Waals surface area contributed by atoms with Crippen LogP contribution in [0, 0.1) is 6.92 Å². The van der Waals surface area contributed by atoms with Crippen molar-refractivity contribution < 1.29 is 13.2 Å². The third kappa shape index (κ3) is 3.69. The Morgan fingerprint density at radius 3 is 2.22 bits per heavy atom. The van der Waals surface area contributed by atoms with Gasteiger partial charge in [0.15, 0.2) is 0 Å². The maximum atomic E-state index is 13.4. The molecule has 5 heteroatoms. The van der Waals surface area contributed by atoms with Crippen molar-refractivity contribution in [1.82, 2.24) is 0 Å². The molecule has 0 fully saturated rings. The number of aryl methyl sites for hydroxylation is 1. The first-order valence-electron chi connectivity index (χ1n) is 8.81. The smallest absolute Gasteiger partial charge is 0.264 e. The summed E-state index contributed by atoms with van der Waals surface area (Å²) in [6, 6.07) is 22.3. The lowest BCUT2D eigenvalue weighted by Gasteiger charge is -2.26. The molecule has 0 aliphatic carbocycles. The van der Waals surface area contributed by atoms with Gasteiger partial charge in [-0.3, -0.25) is 4.31 Å². The molecule has 0 amide bonds. The van der Waals surface area contributed by atoms with Gasteiger partial charge in [-0.15, -0.1) is 0 Å². The van der Waals surface area contributed by atoms with E-state index in [9.17, 15) is 8.42 Å². The van der Waals surface area contributed by atoms with Crippen LogP contribution in [0.5, 0.6) is 5.75 Å². The average Bonchev–Trinajstić information content (AvgIpc) is 2.69. The molecule has 0 N–H and O–H groups in total. The molecule has 3 aromatic rings. The molecule has 4 nitrogen and oxygen atoms in total. The number of anilines is 1. The lowest BCUT2D eigenvalue weighted by atomic mass is 10.0. The summed E-state index contributed by atoms with van der Waals surface area (Å²) in [5, 5.41) is 0. The number of sulfonamides is 1. The van der Waals surface area contributed by atoms with Crippen LogP contribution in [-0.4, -0.2) is 22.1 Å². The highest BCUT2D eigenvalue weighted by Gasteiger charge is 2.26. The van der Waals surface area contributed by atoms with Crippen molar-refractivity contribution in [3.05, 3.63) is 78.4 Å². The quantitative estimate of drug-likeness (QED) is 0.611. The summed E-state index contributed by atoms with van der Waals surface area (Å²) in [5.74, 6) is 0.668. The Labute approximate surface area is 161 Å². The average molecular weight is 381 g/mol. The fraction of sp³-hybridized carbons (Fsp3) is 0.182. The van der Waals surface area contributed by atoms with Gasteiger partial charge in [0.25, 0.3) is 10.0 Å². The molecule has 0 aromatic heterocycles. The van der Waals surface area contributed by atoms with Gasteiger partial charge in [-0.1, -0.05) is 48.5 Å². The van der Waals surface area contributed by atoms with Crippen LogP contribution in [0.15, 0.2) is 77.7 Å². The van der Waals surface area contributed by atoms with Crippen LogP contribution < -0.4 is 9.04 Å². The molecule has 0 saturated carbocycles. The van der Waals surface area contributed by atoms with Crippen LogP contribution >= 0.6 is 0 Å². The lowest BCUT2D eigenvalue weighted by molar-refractivity contribution is 0.411. The summed E-state index contributed by atoms with van der Waals surface area (Å²) in [5.41, 5.74) is 3.31. The Kier molecular flexibility index (Phi) is 5.51. The highest BCUT2D eigenvalue weighted by atomic mass is 32.2. The number of methoxy groups -OCH3 is 1. The molecule has 140 valence electrons. The molecular formula is C22H23NO3S. The Morgan fingerprint density at radius 2 is 1.59 bits per heavy atom. The van der Waals surface area contributed by atoms with Gasteiger partial charge in [0.2, 0.25) is 0 Å². The zero-order chi connectivity index (χ0) is 19.4. The maximum Gasteiger partial charge on any atom is 0.264 e. The van der Waals surface area contributed by atoms with Gasteiger partial charge < -0.3 is 4.74 Å². The maximum absolute atomic E-state index is 13.4. The van der Waals surface area contributed by atoms with E-state index in [1.54, 1.807) is 25.3 Å². The second-order valence-electron chi connectivity index (χ2n) is 6.18. The largest absolute Gasteiger partial charge is 0.496 e. The molecule has 0 aliphatic heterocycles. The van der Waals surface area contributed by atoms with Crippen molar-refractivity contribution in [3.63, 3.8) is 0 Å². The van der Waals surface area contributed by atoms with E-state index in [1.165, 1.54) is 4.31 Å². The zero-order valence-corrected chi connectivity index (χ0v) is 16.5. The van der Waals surface area contributed by atoms with Gasteiger partial charge in [-0.2, -0.15) is 0 Å². The first kappa shape index (κ1) is 19.0. The topological polar surface area (TPSA) is 46.6 Å². The molecule has 0 atom stereocenters. The minimum Gasteiger partial charge on any atom is -0.496 e. The third-order valence-corrected chi connectivity index (χ3v) is 6.38. The number of rotatable bonds is 6. The highest BCUT2D eigenvalue weighted by Crippen LogP contribution is 2.34. The van der Waals surface area contributed by atoms with Crippen molar-refractivity contribution in [3.8, 4) is 16.9 Å². The van der Waals surface area contributed by atoms with Crippen LogP contribution in [0.4, 0.5) is 5.69 Å². The van der Waals surface area contributed by atoms with Crippen LogP contribution in [0.25, 0.3) is 11.1 Å². The first-order chi connectivity index (χ1) is 13.0. The van der Waals surface area contributed by atoms with E-state index in [1.807, 2.05) is 68.4 Å². The number of para-hydroxylation sites is 1. The number of benzene rings is 3. The standard InChI is InChI=1S/C22H23NO3S/c1-4-23(27(24,25)19-14-15-22(26-3)17(2)16-19)21-13-9-8-12-20(21)18-10-6-5-7-11-18/h5-16H,4H2,1-3H3. The van der Waals surface area contributed by atoms with Crippen LogP contribution in [0.2, 0.25) is 0 Å². The van der Waals surface area contributed by atoms with E-state index in [0.29, 0.717) is 18.0 Å². The fourth-order valence-corrected chi connectivity index (χ4v) is 4.74. The van der Waals surface area contributed by atoms with Gasteiger partial charge in [-0.25, -0.2) is 8.42 Å². The van der Waals surface area contributed by atoms with Crippen molar-refractivity contribution in [2.45, 2.75) is 18.7 Å². The summed E-state index contributed by atoms with van der Waals surface area (Å²) < 4.78 is 33.5. The Morgan fingerprint density at radius 1 is 0.926 bits per heavy atom. The number of hydrogen-bond acceptors (Lipinski definition) is 3. The summed E-state index contributed by atoms with van der Waals surface area (Å²) in [6.07, 6.45) is 0. The van der Waals surface area contributed by atoms with E-state index >= 15 is 0 Å². The second kappa shape index (κ2) is 7.84. The molecular weight excluding hydrogens is 358 g/mol. The van der Waals surface area contributed by atoms with Crippen molar-refractivity contribution in [1.29, 1.82) is 0 Å². The molecule has 0 heterocycles. The molecule has 0 saturated heterocycles. The van der Waals surface area contributed by atoms with Crippen LogP contribution in [0.1, 0.15) is 12.5 Å². The molecule has 0 bridgehead atoms. The van der Waals surface area contributed by atoms with Crippen molar-refractivity contribution in [2.24, 2.45) is 0 Å². The van der Waals surface area contributed by atoms with Crippen LogP contribution in [-0.2, 0) is 10.0 Å². The summed E-state index contributed by atoms with van der Waals surface area (Å²) in [4.78, 5) is 0.255. The van der Waals surface area contributed by atoms with Gasteiger partial charge in [0.1, 0.15) is 5.75 Å². The minimum absolute atomic E-state index is 0.255. The van der Waals surface area contributed by atoms with Crippen molar-refractivity contribution in [2.75, 3.05) is 18.0 Å². The van der Waals surface area contributed by atoms with Crippen LogP contribution in [0.3, 0.4) is 0 Å². The number of hydrogen-bond donors (Lipinski definition) is 0. The van der Waals surface area contributed by atoms with Gasteiger partial charge in [-0.05, 0) is 49.2 Å². The first-order valence-corrected chi connectivity index (χ1v) is 10.2. The molecule has 0 unspecified atom stereocenters. The summed E-state index contributed by atoms with van der Waals surface area (Å²) >= 11 is 0. The van der Waals surface area contributed by atoms with Gasteiger partial charge >= 0.3 is 0 Å². The molecule has 27 heavy (non-hydrogen) atoms. The molecule has 0 radical (unpaired) electrons. The minimum atomic E-state index is -3.70. The predicted molar refractivity (Wildman–Crippen MR) is 110 cm³/mol. The third-order valence-electron chi connectivity index (χ3n) is 4.50. The molecule has 0 aliphatic rings. The van der Waals surface area contributed by atoms with E-state index in [0.717, 1.165) is 16.7 Å². The fourth-order valence-electron chi connectivity index (χ4n) is 3.16. The highest BCUT2D eigenvalue weighted by molar-refractivity contribution is 7.92. The Bertz CT molecular complexity index is 1030. The number of nitrogens with zero attached hydrogens (tertiary/aromatic N) is 1. The Balaban J connectivity index is 2.12. The number of ether oxygens (including phenoxy) is 1. The lowest BCUT2D eigenvalue weighted by Crippen LogP contribution is -2.31. The SMILES string of the molecule is CCN(c1ccccc1-c1ccccc1)S(=O)(=O)c1ccc(OC)c(C)c1. The predicted octanol–water partition coefficient (Wildman–Crippen LogP) is 4.89. The monoisotopic (exact) mass is 381 g/mol. The van der Waals surface area contributed by atoms with E-state index in [2.05, 4.69) is 0 Å². The summed E-state index contributed by atoms with van der Waals surface area (Å²) in [6.45, 7) is 4.01. The van der Waals surface area contributed by atoms with E-state index in [4.69, 9.17) is 4.74 Å². The second-order valence-corrected chi connectivity index (χ2v) is 8.05. The van der Waals surface area contributed by atoms with Crippen molar-refractivity contribution >= 4 is 15.7 Å². The van der Waals surface area contributed by atoms with E-state index < -0.39 is 10.0 Å². The summed E-state index contributed by atoms with van der Waals surface area (Å²) in [7, 11) is -2.13.